The molecule has 7 nitrogen and oxygen atoms in total. The van der Waals surface area contributed by atoms with Crippen molar-refractivity contribution in [2.45, 2.75) is 44.0 Å². The van der Waals surface area contributed by atoms with Crippen LogP contribution in [-0.4, -0.2) is 54.8 Å². The van der Waals surface area contributed by atoms with Gasteiger partial charge >= 0.3 is 0 Å². The van der Waals surface area contributed by atoms with Crippen LogP contribution in [0.1, 0.15) is 42.9 Å². The molecule has 3 fully saturated rings. The number of hydrazine groups is 1. The number of nitrogens with zero attached hydrogens (tertiary/aromatic N) is 4. The van der Waals surface area contributed by atoms with Crippen LogP contribution < -0.4 is 0 Å². The number of rotatable bonds is 1. The molecule has 4 heterocycles. The molecule has 1 spiro atoms. The third-order valence-corrected chi connectivity index (χ3v) is 9.84. The molecule has 1 unspecified atom stereocenters. The number of carbonyl (C=O) groups is 1. The van der Waals surface area contributed by atoms with Crippen LogP contribution in [0.2, 0.25) is 0 Å². The van der Waals surface area contributed by atoms with Crippen molar-refractivity contribution < 1.29 is 23.8 Å². The van der Waals surface area contributed by atoms with Gasteiger partial charge < -0.3 is 15.1 Å². The topological polar surface area (TPSA) is 80.1 Å². The number of benzene rings is 2. The van der Waals surface area contributed by atoms with Crippen LogP contribution in [0.25, 0.3) is 21.7 Å². The van der Waals surface area contributed by atoms with Gasteiger partial charge in [0.2, 0.25) is 0 Å². The number of hydrogen-bond acceptors (Lipinski definition) is 7. The van der Waals surface area contributed by atoms with Crippen LogP contribution in [0.15, 0.2) is 65.6 Å². The molecule has 8 rings (SSSR count). The Hall–Kier alpha value is -3.60. The fourth-order valence-corrected chi connectivity index (χ4v) is 7.66. The largest absolute Gasteiger partial charge is 0.507 e. The van der Waals surface area contributed by atoms with E-state index >= 15 is 4.39 Å². The Bertz CT molecular complexity index is 1630. The van der Waals surface area contributed by atoms with Crippen LogP contribution in [0.3, 0.4) is 0 Å². The molecule has 2 N–H and O–H groups in total. The highest BCUT2D eigenvalue weighted by Gasteiger charge is 2.57. The van der Waals surface area contributed by atoms with E-state index in [-0.39, 0.29) is 22.6 Å². The van der Waals surface area contributed by atoms with Crippen molar-refractivity contribution in [1.82, 2.24) is 19.9 Å². The molecule has 2 aliphatic carbocycles. The summed E-state index contributed by atoms with van der Waals surface area (Å²) in [6, 6.07) is 9.85. The molecule has 2 saturated heterocycles. The molecule has 39 heavy (non-hydrogen) atoms. The summed E-state index contributed by atoms with van der Waals surface area (Å²) in [7, 11) is 0. The number of thiazole rings is 1. The molecule has 0 radical (unpaired) electrons. The highest BCUT2D eigenvalue weighted by atomic mass is 32.1. The van der Waals surface area contributed by atoms with Gasteiger partial charge in [0.25, 0.3) is 5.91 Å². The lowest BCUT2D eigenvalue weighted by molar-refractivity contribution is -0.177. The maximum Gasteiger partial charge on any atom is 0.276 e. The number of fused-ring (bicyclic) bond motifs is 7. The minimum Gasteiger partial charge on any atom is -0.507 e. The second-order valence-corrected chi connectivity index (χ2v) is 11.9. The normalized spacial score (nSPS) is 26.5. The van der Waals surface area contributed by atoms with Gasteiger partial charge in [0.15, 0.2) is 23.1 Å². The fourth-order valence-electron chi connectivity index (χ4n) is 6.82. The lowest BCUT2D eigenvalue weighted by atomic mass is 9.86. The smallest absolute Gasteiger partial charge is 0.276 e. The molecular formula is C29H24F2N4O3S. The first-order valence-electron chi connectivity index (χ1n) is 13.1. The van der Waals surface area contributed by atoms with Crippen LogP contribution >= 0.6 is 11.3 Å². The molecule has 10 heteroatoms. The third-order valence-electron chi connectivity index (χ3n) is 8.98. The predicted octanol–water partition coefficient (Wildman–Crippen LogP) is 5.08. The summed E-state index contributed by atoms with van der Waals surface area (Å²) in [6.45, 7) is 0.512. The Balaban J connectivity index is 1.43. The van der Waals surface area contributed by atoms with Crippen molar-refractivity contribution in [3.63, 3.8) is 0 Å². The minimum absolute atomic E-state index is 0.0215. The number of amides is 1. The summed E-state index contributed by atoms with van der Waals surface area (Å²) in [4.78, 5) is 20.8. The number of piperidine rings is 1. The second kappa shape index (κ2) is 7.97. The number of halogens is 2. The third kappa shape index (κ3) is 3.13. The average molecular weight is 547 g/mol. The van der Waals surface area contributed by atoms with Crippen LogP contribution in [0, 0.1) is 17.0 Å². The first-order valence-corrected chi connectivity index (χ1v) is 14.0. The molecule has 198 valence electrons. The molecule has 3 aliphatic heterocycles. The van der Waals surface area contributed by atoms with Crippen LogP contribution in [0.5, 0.6) is 0 Å². The number of aromatic nitrogens is 1. The molecule has 5 aliphatic rings. The summed E-state index contributed by atoms with van der Waals surface area (Å²) in [5.41, 5.74) is 4.48. The molecule has 3 atom stereocenters. The first kappa shape index (κ1) is 23.3. The van der Waals surface area contributed by atoms with Gasteiger partial charge in [-0.25, -0.2) is 13.8 Å². The monoisotopic (exact) mass is 546 g/mol. The zero-order chi connectivity index (χ0) is 26.6. The van der Waals surface area contributed by atoms with E-state index in [1.807, 2.05) is 29.3 Å². The second-order valence-electron chi connectivity index (χ2n) is 11.0. The molecule has 3 aromatic rings. The van der Waals surface area contributed by atoms with E-state index in [0.29, 0.717) is 17.8 Å². The van der Waals surface area contributed by atoms with Gasteiger partial charge in [-0.1, -0.05) is 30.3 Å². The Kier molecular flexibility index (Phi) is 4.76. The van der Waals surface area contributed by atoms with Crippen molar-refractivity contribution in [3.8, 4) is 21.7 Å². The number of carbonyl (C=O) groups excluding carboxylic acids is 1. The molecular weight excluding hydrogens is 522 g/mol. The SMILES string of the molecule is O=C1C2=C(O)C(O)C=CN2N([C@@H]2c3ccccc3-c3scnc3-c3c2ccc(F)c3F)[C@@H]2CC3(CCN12)CC3. The Labute approximate surface area is 226 Å². The number of hydrogen-bond donors (Lipinski definition) is 2. The lowest BCUT2D eigenvalue weighted by Crippen LogP contribution is -2.66. The standard InChI is InChI=1S/C29H24F2N4O3S/c30-18-6-5-17-21(22(18)31)23-27(39-14-32-23)16-4-2-1-3-15(16)24(17)35-20-13-29(8-9-29)10-12-33(20)28(38)25-26(37)19(36)7-11-34(25)35/h1-7,11,14,19-20,24,36-37H,8-10,12-13H2/t19?,20-,24-/m1/s1. The number of aliphatic hydroxyl groups is 2. The lowest BCUT2D eigenvalue weighted by Gasteiger charge is -2.56. The van der Waals surface area contributed by atoms with Gasteiger partial charge in [-0.2, -0.15) is 5.01 Å². The van der Waals surface area contributed by atoms with Gasteiger partial charge in [0.1, 0.15) is 12.3 Å². The van der Waals surface area contributed by atoms with Crippen molar-refractivity contribution in [1.29, 1.82) is 0 Å². The van der Waals surface area contributed by atoms with Gasteiger partial charge in [0, 0.05) is 18.3 Å². The van der Waals surface area contributed by atoms with Crippen LogP contribution in [0.4, 0.5) is 8.78 Å². The summed E-state index contributed by atoms with van der Waals surface area (Å²) < 4.78 is 30.5. The Morgan fingerprint density at radius 3 is 2.72 bits per heavy atom. The van der Waals surface area contributed by atoms with Crippen molar-refractivity contribution in [2.75, 3.05) is 6.54 Å². The summed E-state index contributed by atoms with van der Waals surface area (Å²) in [5, 5.41) is 25.0. The van der Waals surface area contributed by atoms with E-state index in [9.17, 15) is 19.4 Å². The molecule has 0 bridgehead atoms. The summed E-state index contributed by atoms with van der Waals surface area (Å²) in [5.74, 6) is -2.69. The maximum atomic E-state index is 15.8. The van der Waals surface area contributed by atoms with E-state index in [0.717, 1.165) is 47.8 Å². The van der Waals surface area contributed by atoms with Gasteiger partial charge in [-0.05, 0) is 59.9 Å². The fraction of sp³-hybridized carbons (Fsp3) is 0.310. The molecule has 1 saturated carbocycles. The van der Waals surface area contributed by atoms with Gasteiger partial charge in [-0.3, -0.25) is 9.80 Å². The van der Waals surface area contributed by atoms with E-state index in [1.165, 1.54) is 17.4 Å². The highest BCUT2D eigenvalue weighted by molar-refractivity contribution is 7.13. The zero-order valence-electron chi connectivity index (χ0n) is 20.7. The van der Waals surface area contributed by atoms with Crippen molar-refractivity contribution in [2.24, 2.45) is 5.41 Å². The average Bonchev–Trinajstić information content (AvgIpc) is 3.53. The maximum absolute atomic E-state index is 15.8. The summed E-state index contributed by atoms with van der Waals surface area (Å²) in [6.07, 6.45) is 5.08. The molecule has 1 amide bonds. The van der Waals surface area contributed by atoms with Crippen LogP contribution in [-0.2, 0) is 4.79 Å². The van der Waals surface area contributed by atoms with Crippen molar-refractivity contribution in [3.05, 3.63) is 88.4 Å². The zero-order valence-corrected chi connectivity index (χ0v) is 21.5. The van der Waals surface area contributed by atoms with E-state index in [2.05, 4.69) is 4.98 Å². The van der Waals surface area contributed by atoms with E-state index in [4.69, 9.17) is 0 Å². The van der Waals surface area contributed by atoms with E-state index in [1.54, 1.807) is 27.7 Å². The molecule has 1 aromatic heterocycles. The predicted molar refractivity (Wildman–Crippen MR) is 140 cm³/mol. The Morgan fingerprint density at radius 1 is 1.08 bits per heavy atom. The Morgan fingerprint density at radius 2 is 1.90 bits per heavy atom. The first-order chi connectivity index (χ1) is 18.9. The molecule has 2 aromatic carbocycles. The van der Waals surface area contributed by atoms with Gasteiger partial charge in [0.05, 0.1) is 22.1 Å². The summed E-state index contributed by atoms with van der Waals surface area (Å²) >= 11 is 1.37. The van der Waals surface area contributed by atoms with Crippen molar-refractivity contribution >= 4 is 17.2 Å². The quantitative estimate of drug-likeness (QED) is 0.444. The minimum atomic E-state index is -1.31. The van der Waals surface area contributed by atoms with Gasteiger partial charge in [-0.15, -0.1) is 11.3 Å². The highest BCUT2D eigenvalue weighted by Crippen LogP contribution is 2.59. The number of aliphatic hydroxyl groups excluding tert-OH is 2. The van der Waals surface area contributed by atoms with E-state index < -0.39 is 35.7 Å².